The molecule has 2 aliphatic rings. The van der Waals surface area contributed by atoms with Crippen molar-refractivity contribution in [3.05, 3.63) is 0 Å². The Balaban J connectivity index is 1.80. The minimum Gasteiger partial charge on any atom is -0.376 e. The summed E-state index contributed by atoms with van der Waals surface area (Å²) in [6.07, 6.45) is 3.66. The minimum absolute atomic E-state index is 0.00687. The molecule has 1 heterocycles. The Morgan fingerprint density at radius 1 is 1.29 bits per heavy atom. The molecule has 82 valence electrons. The van der Waals surface area contributed by atoms with Crippen LogP contribution in [0.25, 0.3) is 0 Å². The van der Waals surface area contributed by atoms with Crippen molar-refractivity contribution in [1.82, 2.24) is 0 Å². The maximum Gasteiger partial charge on any atom is 0.154 e. The molecule has 3 nitrogen and oxygen atoms in total. The lowest BCUT2D eigenvalue weighted by atomic mass is 9.86. The van der Waals surface area contributed by atoms with Gasteiger partial charge in [-0.15, -0.1) is 0 Å². The first-order chi connectivity index (χ1) is 6.57. The zero-order valence-corrected chi connectivity index (χ0v) is 10.4. The fourth-order valence-corrected chi connectivity index (χ4v) is 5.30. The van der Waals surface area contributed by atoms with Gasteiger partial charge in [-0.3, -0.25) is 0 Å². The van der Waals surface area contributed by atoms with Gasteiger partial charge in [0.15, 0.2) is 9.84 Å². The number of alkyl halides is 1. The fourth-order valence-electron chi connectivity index (χ4n) is 1.84. The first kappa shape index (κ1) is 10.9. The van der Waals surface area contributed by atoms with Gasteiger partial charge < -0.3 is 4.74 Å². The van der Waals surface area contributed by atoms with Gasteiger partial charge in [0.1, 0.15) is 0 Å². The van der Waals surface area contributed by atoms with E-state index in [-0.39, 0.29) is 22.4 Å². The first-order valence-corrected chi connectivity index (χ1v) is 7.76. The van der Waals surface area contributed by atoms with Gasteiger partial charge in [-0.2, -0.15) is 0 Å². The molecule has 5 heteroatoms. The second-order valence-electron chi connectivity index (χ2n) is 4.26. The number of hydrogen-bond donors (Lipinski definition) is 0. The van der Waals surface area contributed by atoms with Crippen LogP contribution >= 0.6 is 15.9 Å². The molecule has 2 unspecified atom stereocenters. The van der Waals surface area contributed by atoms with E-state index >= 15 is 0 Å². The van der Waals surface area contributed by atoms with Gasteiger partial charge in [-0.05, 0) is 18.8 Å². The second-order valence-corrected chi connectivity index (χ2v) is 7.59. The molecule has 2 atom stereocenters. The van der Waals surface area contributed by atoms with Crippen molar-refractivity contribution < 1.29 is 13.2 Å². The molecule has 0 N–H and O–H groups in total. The van der Waals surface area contributed by atoms with E-state index in [1.807, 2.05) is 0 Å². The average Bonchev–Trinajstić information content (AvgIpc) is 2.21. The van der Waals surface area contributed by atoms with E-state index in [2.05, 4.69) is 15.9 Å². The molecule has 0 aromatic heterocycles. The summed E-state index contributed by atoms with van der Waals surface area (Å²) >= 11 is 3.37. The SMILES string of the molecule is O=S1(=O)CC(Br)C(OCC2CCC2)C1. The normalized spacial score (nSPS) is 36.9. The average molecular weight is 283 g/mol. The number of rotatable bonds is 3. The summed E-state index contributed by atoms with van der Waals surface area (Å²) in [4.78, 5) is -0.00687. The largest absolute Gasteiger partial charge is 0.376 e. The number of hydrogen-bond acceptors (Lipinski definition) is 3. The van der Waals surface area contributed by atoms with Gasteiger partial charge >= 0.3 is 0 Å². The van der Waals surface area contributed by atoms with Crippen molar-refractivity contribution in [2.75, 3.05) is 18.1 Å². The zero-order chi connectivity index (χ0) is 10.2. The lowest BCUT2D eigenvalue weighted by Crippen LogP contribution is -2.27. The predicted octanol–water partition coefficient (Wildman–Crippen LogP) is 1.36. The van der Waals surface area contributed by atoms with E-state index in [4.69, 9.17) is 4.74 Å². The van der Waals surface area contributed by atoms with Crippen LogP contribution in [0.15, 0.2) is 0 Å². The van der Waals surface area contributed by atoms with E-state index < -0.39 is 9.84 Å². The van der Waals surface area contributed by atoms with Crippen molar-refractivity contribution in [3.63, 3.8) is 0 Å². The summed E-state index contributed by atoms with van der Waals surface area (Å²) in [5, 5.41) is 0. The Kier molecular flexibility index (Phi) is 3.19. The molecule has 2 rings (SSSR count). The summed E-state index contributed by atoms with van der Waals surface area (Å²) in [6.45, 7) is 0.738. The first-order valence-electron chi connectivity index (χ1n) is 5.03. The molecule has 14 heavy (non-hydrogen) atoms. The Morgan fingerprint density at radius 2 is 2.00 bits per heavy atom. The summed E-state index contributed by atoms with van der Waals surface area (Å²) in [5.41, 5.74) is 0. The number of halogens is 1. The van der Waals surface area contributed by atoms with Crippen LogP contribution in [0, 0.1) is 5.92 Å². The third kappa shape index (κ3) is 2.49. The molecule has 1 aliphatic carbocycles. The van der Waals surface area contributed by atoms with Gasteiger partial charge in [-0.25, -0.2) is 8.42 Å². The Hall–Kier alpha value is 0.390. The van der Waals surface area contributed by atoms with Crippen LogP contribution in [0.2, 0.25) is 0 Å². The molecule has 0 bridgehead atoms. The third-order valence-corrected chi connectivity index (χ3v) is 6.05. The van der Waals surface area contributed by atoms with E-state index in [1.165, 1.54) is 19.3 Å². The molecule has 2 fully saturated rings. The minimum atomic E-state index is -2.85. The fraction of sp³-hybridized carbons (Fsp3) is 1.00. The van der Waals surface area contributed by atoms with Crippen molar-refractivity contribution in [2.45, 2.75) is 30.2 Å². The van der Waals surface area contributed by atoms with Crippen LogP contribution in [0.1, 0.15) is 19.3 Å². The van der Waals surface area contributed by atoms with Crippen LogP contribution in [-0.4, -0.2) is 37.5 Å². The van der Waals surface area contributed by atoms with Gasteiger partial charge in [0.05, 0.1) is 22.4 Å². The Bertz CT molecular complexity index is 297. The molecule has 0 radical (unpaired) electrons. The number of ether oxygens (including phenoxy) is 1. The summed E-state index contributed by atoms with van der Waals surface area (Å²) in [6, 6.07) is 0. The predicted molar refractivity (Wildman–Crippen MR) is 58.4 cm³/mol. The van der Waals surface area contributed by atoms with Crippen LogP contribution in [0.4, 0.5) is 0 Å². The molecule has 0 amide bonds. The topological polar surface area (TPSA) is 43.4 Å². The molecule has 0 spiro atoms. The summed E-state index contributed by atoms with van der Waals surface area (Å²) < 4.78 is 28.2. The van der Waals surface area contributed by atoms with E-state index in [1.54, 1.807) is 0 Å². The molecular formula is C9H15BrO3S. The molecule has 0 aromatic rings. The van der Waals surface area contributed by atoms with E-state index in [9.17, 15) is 8.42 Å². The van der Waals surface area contributed by atoms with Crippen LogP contribution < -0.4 is 0 Å². The highest BCUT2D eigenvalue weighted by Crippen LogP contribution is 2.29. The molecule has 1 saturated carbocycles. The Morgan fingerprint density at radius 3 is 2.43 bits per heavy atom. The molecule has 1 aliphatic heterocycles. The van der Waals surface area contributed by atoms with Gasteiger partial charge in [0.25, 0.3) is 0 Å². The lowest BCUT2D eigenvalue weighted by molar-refractivity contribution is 0.0275. The van der Waals surface area contributed by atoms with Crippen LogP contribution in [0.3, 0.4) is 0 Å². The van der Waals surface area contributed by atoms with Crippen molar-refractivity contribution in [2.24, 2.45) is 5.92 Å². The maximum atomic E-state index is 11.3. The van der Waals surface area contributed by atoms with Crippen molar-refractivity contribution >= 4 is 25.8 Å². The van der Waals surface area contributed by atoms with Crippen molar-refractivity contribution in [1.29, 1.82) is 0 Å². The molecular weight excluding hydrogens is 268 g/mol. The number of sulfone groups is 1. The maximum absolute atomic E-state index is 11.3. The molecule has 1 saturated heterocycles. The smallest absolute Gasteiger partial charge is 0.154 e. The standard InChI is InChI=1S/C9H15BrO3S/c10-8-5-14(11,12)6-9(8)13-4-7-2-1-3-7/h7-9H,1-6H2. The van der Waals surface area contributed by atoms with Gasteiger partial charge in [0, 0.05) is 6.61 Å². The highest BCUT2D eigenvalue weighted by atomic mass is 79.9. The van der Waals surface area contributed by atoms with E-state index in [0.717, 1.165) is 6.61 Å². The summed E-state index contributed by atoms with van der Waals surface area (Å²) in [7, 11) is -2.85. The van der Waals surface area contributed by atoms with Gasteiger partial charge in [0.2, 0.25) is 0 Å². The monoisotopic (exact) mass is 282 g/mol. The Labute approximate surface area is 93.3 Å². The van der Waals surface area contributed by atoms with Crippen molar-refractivity contribution in [3.8, 4) is 0 Å². The molecule has 0 aromatic carbocycles. The summed E-state index contributed by atoms with van der Waals surface area (Å²) in [5.74, 6) is 1.09. The zero-order valence-electron chi connectivity index (χ0n) is 7.99. The van der Waals surface area contributed by atoms with E-state index in [0.29, 0.717) is 5.92 Å². The quantitative estimate of drug-likeness (QED) is 0.735. The third-order valence-electron chi connectivity index (χ3n) is 3.01. The lowest BCUT2D eigenvalue weighted by Gasteiger charge is -2.26. The van der Waals surface area contributed by atoms with Crippen LogP contribution in [0.5, 0.6) is 0 Å². The highest BCUT2D eigenvalue weighted by molar-refractivity contribution is 9.09. The van der Waals surface area contributed by atoms with Gasteiger partial charge in [-0.1, -0.05) is 22.4 Å². The van der Waals surface area contributed by atoms with Crippen LogP contribution in [-0.2, 0) is 14.6 Å². The highest BCUT2D eigenvalue weighted by Gasteiger charge is 2.37. The second kappa shape index (κ2) is 4.10.